The Morgan fingerprint density at radius 2 is 1.91 bits per heavy atom. The molecular weight excluding hydrogens is 310 g/mol. The Balaban J connectivity index is 1.84. The van der Waals surface area contributed by atoms with Crippen LogP contribution in [0.3, 0.4) is 0 Å². The van der Waals surface area contributed by atoms with E-state index in [1.807, 2.05) is 42.5 Å². The van der Waals surface area contributed by atoms with Gasteiger partial charge in [0.15, 0.2) is 10.8 Å². The number of aliphatic carboxylic acids is 1. The predicted octanol–water partition coefficient (Wildman–Crippen LogP) is 3.81. The smallest absolute Gasteiger partial charge is 0.307 e. The average molecular weight is 325 g/mol. The number of ketones is 1. The van der Waals surface area contributed by atoms with Gasteiger partial charge in [0.1, 0.15) is 0 Å². The molecule has 0 saturated heterocycles. The summed E-state index contributed by atoms with van der Waals surface area (Å²) in [6, 6.07) is 13.7. The highest BCUT2D eigenvalue weighted by Gasteiger charge is 2.24. The zero-order chi connectivity index (χ0) is 16.2. The second-order valence-corrected chi connectivity index (χ2v) is 6.24. The molecule has 4 nitrogen and oxygen atoms in total. The van der Waals surface area contributed by atoms with Crippen molar-refractivity contribution in [2.75, 3.05) is 0 Å². The van der Waals surface area contributed by atoms with Crippen molar-refractivity contribution in [3.63, 3.8) is 0 Å². The van der Waals surface area contributed by atoms with Crippen molar-refractivity contribution < 1.29 is 14.7 Å². The Morgan fingerprint density at radius 1 is 1.13 bits per heavy atom. The lowest BCUT2D eigenvalue weighted by Crippen LogP contribution is -2.20. The van der Waals surface area contributed by atoms with Crippen molar-refractivity contribution in [2.45, 2.75) is 12.8 Å². The van der Waals surface area contributed by atoms with Gasteiger partial charge < -0.3 is 5.11 Å². The van der Waals surface area contributed by atoms with Gasteiger partial charge in [-0.15, -0.1) is 11.3 Å². The van der Waals surface area contributed by atoms with Crippen LogP contribution in [0.2, 0.25) is 0 Å². The first kappa shape index (κ1) is 15.4. The van der Waals surface area contributed by atoms with Gasteiger partial charge >= 0.3 is 5.97 Å². The van der Waals surface area contributed by atoms with E-state index in [9.17, 15) is 14.7 Å². The minimum atomic E-state index is -0.956. The Morgan fingerprint density at radius 3 is 2.65 bits per heavy atom. The molecule has 2 aromatic carbocycles. The fourth-order valence-electron chi connectivity index (χ4n) is 2.65. The van der Waals surface area contributed by atoms with Crippen molar-refractivity contribution >= 4 is 33.9 Å². The lowest BCUT2D eigenvalue weighted by Gasteiger charge is -2.13. The quantitative estimate of drug-likeness (QED) is 0.700. The zero-order valence-electron chi connectivity index (χ0n) is 12.3. The van der Waals surface area contributed by atoms with E-state index in [1.165, 1.54) is 11.3 Å². The highest BCUT2D eigenvalue weighted by atomic mass is 32.1. The van der Waals surface area contributed by atoms with E-state index in [0.717, 1.165) is 16.3 Å². The number of carboxylic acids is 1. The normalized spacial score (nSPS) is 12.2. The summed E-state index contributed by atoms with van der Waals surface area (Å²) in [6.07, 6.45) is 1.85. The highest BCUT2D eigenvalue weighted by molar-refractivity contribution is 7.11. The summed E-state index contributed by atoms with van der Waals surface area (Å²) in [6.45, 7) is 0. The molecule has 23 heavy (non-hydrogen) atoms. The van der Waals surface area contributed by atoms with Crippen LogP contribution in [0.4, 0.5) is 0 Å². The molecule has 116 valence electrons. The van der Waals surface area contributed by atoms with Crippen molar-refractivity contribution in [2.24, 2.45) is 5.92 Å². The Kier molecular flexibility index (Phi) is 4.48. The lowest BCUT2D eigenvalue weighted by atomic mass is 9.91. The summed E-state index contributed by atoms with van der Waals surface area (Å²) < 4.78 is 0. The van der Waals surface area contributed by atoms with E-state index in [0.29, 0.717) is 11.4 Å². The Bertz CT molecular complexity index is 837. The number of fused-ring (bicyclic) bond motifs is 1. The van der Waals surface area contributed by atoms with Gasteiger partial charge in [-0.25, -0.2) is 4.98 Å². The zero-order valence-corrected chi connectivity index (χ0v) is 13.1. The topological polar surface area (TPSA) is 67.3 Å². The maximum atomic E-state index is 12.2. The molecule has 0 aliphatic carbocycles. The number of carboxylic acid groups (broad SMARTS) is 1. The molecular formula is C18H15NO3S. The first-order chi connectivity index (χ1) is 11.1. The van der Waals surface area contributed by atoms with Crippen molar-refractivity contribution in [1.82, 2.24) is 4.98 Å². The number of aromatic nitrogens is 1. The van der Waals surface area contributed by atoms with Crippen LogP contribution in [0, 0.1) is 5.92 Å². The molecule has 0 radical (unpaired) electrons. The van der Waals surface area contributed by atoms with Gasteiger partial charge in [0.05, 0.1) is 5.92 Å². The molecule has 0 bridgehead atoms. The van der Waals surface area contributed by atoms with Crippen LogP contribution in [0.1, 0.15) is 21.8 Å². The first-order valence-electron chi connectivity index (χ1n) is 7.27. The van der Waals surface area contributed by atoms with Crippen LogP contribution in [0.15, 0.2) is 54.0 Å². The Labute approximate surface area is 137 Å². The molecule has 5 heteroatoms. The number of Topliss-reactive ketones (excluding diaryl/α,β-unsaturated/α-hetero) is 1. The number of thiazole rings is 1. The molecule has 0 saturated carbocycles. The Hall–Kier alpha value is -2.53. The van der Waals surface area contributed by atoms with Gasteiger partial charge in [0.2, 0.25) is 0 Å². The highest BCUT2D eigenvalue weighted by Crippen LogP contribution is 2.23. The van der Waals surface area contributed by atoms with Gasteiger partial charge in [-0.1, -0.05) is 42.5 Å². The molecule has 0 spiro atoms. The van der Waals surface area contributed by atoms with Crippen LogP contribution in [-0.4, -0.2) is 21.8 Å². The summed E-state index contributed by atoms with van der Waals surface area (Å²) in [5, 5.41) is 13.7. The summed E-state index contributed by atoms with van der Waals surface area (Å²) in [5.41, 5.74) is 0.947. The summed E-state index contributed by atoms with van der Waals surface area (Å²) in [5.74, 6) is -1.92. The summed E-state index contributed by atoms with van der Waals surface area (Å²) in [7, 11) is 0. The number of rotatable bonds is 6. The van der Waals surface area contributed by atoms with Gasteiger partial charge in [-0.05, 0) is 22.8 Å². The molecule has 0 aliphatic rings. The average Bonchev–Trinajstić information content (AvgIpc) is 3.09. The molecule has 1 aromatic heterocycles. The van der Waals surface area contributed by atoms with Crippen LogP contribution < -0.4 is 0 Å². The number of nitrogens with zero attached hydrogens (tertiary/aromatic N) is 1. The van der Waals surface area contributed by atoms with Crippen molar-refractivity contribution in [3.8, 4) is 0 Å². The van der Waals surface area contributed by atoms with Gasteiger partial charge in [0, 0.05) is 18.0 Å². The van der Waals surface area contributed by atoms with E-state index >= 15 is 0 Å². The third-order valence-electron chi connectivity index (χ3n) is 3.80. The minimum absolute atomic E-state index is 0.0356. The molecule has 3 aromatic rings. The number of carbonyl (C=O) groups is 2. The largest absolute Gasteiger partial charge is 0.481 e. The van der Waals surface area contributed by atoms with Crippen molar-refractivity contribution in [3.05, 3.63) is 64.6 Å². The second kappa shape index (κ2) is 6.71. The monoisotopic (exact) mass is 325 g/mol. The van der Waals surface area contributed by atoms with E-state index in [2.05, 4.69) is 4.98 Å². The molecule has 1 atom stereocenters. The third-order valence-corrected chi connectivity index (χ3v) is 4.61. The molecule has 1 N–H and O–H groups in total. The van der Waals surface area contributed by atoms with E-state index in [-0.39, 0.29) is 12.2 Å². The summed E-state index contributed by atoms with van der Waals surface area (Å²) in [4.78, 5) is 27.7. The molecule has 3 rings (SSSR count). The number of hydrogen-bond donors (Lipinski definition) is 1. The molecule has 1 heterocycles. The number of benzene rings is 2. The molecule has 0 fully saturated rings. The maximum Gasteiger partial charge on any atom is 0.307 e. The van der Waals surface area contributed by atoms with Gasteiger partial charge in [0.25, 0.3) is 0 Å². The fraction of sp³-hybridized carbons (Fsp3) is 0.167. The van der Waals surface area contributed by atoms with Gasteiger partial charge in [-0.3, -0.25) is 9.59 Å². The standard InChI is InChI=1S/C18H15NO3S/c20-16(17-19-8-9-23-17)11-14(18(21)22)10-13-6-3-5-12-4-1-2-7-15(12)13/h1-9,14H,10-11H2,(H,21,22)/t14-/m1/s1. The van der Waals surface area contributed by atoms with E-state index in [1.54, 1.807) is 11.6 Å². The van der Waals surface area contributed by atoms with Crippen LogP contribution >= 0.6 is 11.3 Å². The third kappa shape index (κ3) is 3.46. The number of carbonyl (C=O) groups excluding carboxylic acids is 1. The second-order valence-electron chi connectivity index (χ2n) is 5.34. The van der Waals surface area contributed by atoms with Crippen LogP contribution in [0.25, 0.3) is 10.8 Å². The fourth-order valence-corrected chi connectivity index (χ4v) is 3.24. The van der Waals surface area contributed by atoms with Crippen molar-refractivity contribution in [1.29, 1.82) is 0 Å². The first-order valence-corrected chi connectivity index (χ1v) is 8.15. The molecule has 0 aliphatic heterocycles. The van der Waals surface area contributed by atoms with E-state index in [4.69, 9.17) is 0 Å². The summed E-state index contributed by atoms with van der Waals surface area (Å²) >= 11 is 1.24. The molecule has 0 unspecified atom stereocenters. The van der Waals surface area contributed by atoms with E-state index < -0.39 is 11.9 Å². The van der Waals surface area contributed by atoms with Crippen LogP contribution in [-0.2, 0) is 11.2 Å². The number of hydrogen-bond acceptors (Lipinski definition) is 4. The SMILES string of the molecule is O=C(C[C@@H](Cc1cccc2ccccc12)C(=O)O)c1nccs1. The van der Waals surface area contributed by atoms with Crippen LogP contribution in [0.5, 0.6) is 0 Å². The minimum Gasteiger partial charge on any atom is -0.481 e. The maximum absolute atomic E-state index is 12.2. The predicted molar refractivity (Wildman–Crippen MR) is 89.8 cm³/mol. The lowest BCUT2D eigenvalue weighted by molar-refractivity contribution is -0.141. The molecule has 0 amide bonds. The van der Waals surface area contributed by atoms with Gasteiger partial charge in [-0.2, -0.15) is 0 Å².